The molecule has 0 radical (unpaired) electrons. The Morgan fingerprint density at radius 1 is 1.08 bits per heavy atom. The second-order valence-corrected chi connectivity index (χ2v) is 5.81. The molecule has 0 bridgehead atoms. The van der Waals surface area contributed by atoms with Crippen molar-refractivity contribution in [2.45, 2.75) is 13.1 Å². The zero-order valence-electron chi connectivity index (χ0n) is 13.6. The van der Waals surface area contributed by atoms with Crippen LogP contribution in [-0.4, -0.2) is 36.1 Å². The quantitative estimate of drug-likeness (QED) is 0.836. The number of aromatic nitrogens is 2. The molecule has 1 aliphatic heterocycles. The van der Waals surface area contributed by atoms with E-state index in [1.165, 1.54) is 6.07 Å². The maximum atomic E-state index is 12.8. The Kier molecular flexibility index (Phi) is 4.49. The standard InChI is InChI=1S/C17H16F3N5/c1-12-4-5-22-16(23-12)25-8-6-24(7-9-25)15-3-2-14(17(18,19)20)10-13(15)11-21/h2-5,10H,6-9H2,1H3. The predicted molar refractivity (Wildman–Crippen MR) is 87.4 cm³/mol. The molecule has 1 aromatic carbocycles. The van der Waals surface area contributed by atoms with E-state index >= 15 is 0 Å². The average Bonchev–Trinajstić information content (AvgIpc) is 2.60. The minimum Gasteiger partial charge on any atom is -0.367 e. The topological polar surface area (TPSA) is 56.1 Å². The predicted octanol–water partition coefficient (Wildman–Crippen LogP) is 3.00. The maximum absolute atomic E-state index is 12.8. The van der Waals surface area contributed by atoms with Crippen LogP contribution in [-0.2, 0) is 6.18 Å². The van der Waals surface area contributed by atoms with Gasteiger partial charge in [-0.25, -0.2) is 9.97 Å². The molecule has 130 valence electrons. The Morgan fingerprint density at radius 3 is 2.36 bits per heavy atom. The van der Waals surface area contributed by atoms with Gasteiger partial charge >= 0.3 is 6.18 Å². The summed E-state index contributed by atoms with van der Waals surface area (Å²) in [6.07, 6.45) is -2.75. The fraction of sp³-hybridized carbons (Fsp3) is 0.353. The van der Waals surface area contributed by atoms with Gasteiger partial charge in [-0.05, 0) is 31.2 Å². The first-order chi connectivity index (χ1) is 11.9. The fourth-order valence-electron chi connectivity index (χ4n) is 2.81. The molecule has 0 aliphatic carbocycles. The van der Waals surface area contributed by atoms with E-state index in [1.807, 2.05) is 28.9 Å². The van der Waals surface area contributed by atoms with Gasteiger partial charge in [0.2, 0.25) is 5.95 Å². The first kappa shape index (κ1) is 17.0. The molecule has 1 saturated heterocycles. The molecule has 0 N–H and O–H groups in total. The van der Waals surface area contributed by atoms with Crippen molar-refractivity contribution in [2.24, 2.45) is 0 Å². The lowest BCUT2D eigenvalue weighted by Gasteiger charge is -2.36. The minimum atomic E-state index is -4.45. The number of anilines is 2. The van der Waals surface area contributed by atoms with Crippen molar-refractivity contribution >= 4 is 11.6 Å². The zero-order chi connectivity index (χ0) is 18.0. The number of hydrogen-bond donors (Lipinski definition) is 0. The molecule has 5 nitrogen and oxygen atoms in total. The second kappa shape index (κ2) is 6.59. The van der Waals surface area contributed by atoms with E-state index < -0.39 is 11.7 Å². The summed E-state index contributed by atoms with van der Waals surface area (Å²) >= 11 is 0. The third-order valence-electron chi connectivity index (χ3n) is 4.13. The molecule has 1 fully saturated rings. The van der Waals surface area contributed by atoms with E-state index in [9.17, 15) is 18.4 Å². The molecule has 0 saturated carbocycles. The van der Waals surface area contributed by atoms with E-state index in [4.69, 9.17) is 0 Å². The molecular formula is C17H16F3N5. The molecule has 2 heterocycles. The van der Waals surface area contributed by atoms with Crippen LogP contribution >= 0.6 is 0 Å². The van der Waals surface area contributed by atoms with E-state index in [0.717, 1.165) is 17.8 Å². The van der Waals surface area contributed by atoms with Crippen LogP contribution < -0.4 is 9.80 Å². The summed E-state index contributed by atoms with van der Waals surface area (Å²) in [6, 6.07) is 7.00. The van der Waals surface area contributed by atoms with Gasteiger partial charge in [-0.1, -0.05) is 0 Å². The highest BCUT2D eigenvalue weighted by Gasteiger charge is 2.31. The highest BCUT2D eigenvalue weighted by Crippen LogP contribution is 2.33. The van der Waals surface area contributed by atoms with Crippen LogP contribution in [0.15, 0.2) is 30.5 Å². The molecule has 1 aliphatic rings. The lowest BCUT2D eigenvalue weighted by atomic mass is 10.1. The Morgan fingerprint density at radius 2 is 1.76 bits per heavy atom. The number of rotatable bonds is 2. The van der Waals surface area contributed by atoms with Crippen molar-refractivity contribution in [1.82, 2.24) is 9.97 Å². The Balaban J connectivity index is 1.76. The van der Waals surface area contributed by atoms with Crippen LogP contribution in [0.3, 0.4) is 0 Å². The third kappa shape index (κ3) is 3.65. The maximum Gasteiger partial charge on any atom is 0.416 e. The summed E-state index contributed by atoms with van der Waals surface area (Å²) in [5, 5.41) is 9.23. The van der Waals surface area contributed by atoms with Gasteiger partial charge in [0, 0.05) is 38.1 Å². The molecule has 0 atom stereocenters. The van der Waals surface area contributed by atoms with E-state index in [2.05, 4.69) is 9.97 Å². The molecular weight excluding hydrogens is 331 g/mol. The minimum absolute atomic E-state index is 0.0371. The highest BCUT2D eigenvalue weighted by molar-refractivity contribution is 5.61. The van der Waals surface area contributed by atoms with Gasteiger partial charge in [-0.15, -0.1) is 0 Å². The first-order valence-electron chi connectivity index (χ1n) is 7.79. The summed E-state index contributed by atoms with van der Waals surface area (Å²) in [7, 11) is 0. The molecule has 0 unspecified atom stereocenters. The number of nitrogens with zero attached hydrogens (tertiary/aromatic N) is 5. The number of nitriles is 1. The van der Waals surface area contributed by atoms with Crippen molar-refractivity contribution in [3.8, 4) is 6.07 Å². The summed E-state index contributed by atoms with van der Waals surface area (Å²) in [6.45, 7) is 4.32. The van der Waals surface area contributed by atoms with E-state index in [0.29, 0.717) is 37.8 Å². The largest absolute Gasteiger partial charge is 0.416 e. The Hall–Kier alpha value is -2.82. The highest BCUT2D eigenvalue weighted by atomic mass is 19.4. The van der Waals surface area contributed by atoms with E-state index in [1.54, 1.807) is 6.20 Å². The van der Waals surface area contributed by atoms with E-state index in [-0.39, 0.29) is 5.56 Å². The number of halogens is 3. The molecule has 3 rings (SSSR count). The van der Waals surface area contributed by atoms with Gasteiger partial charge in [-0.2, -0.15) is 18.4 Å². The van der Waals surface area contributed by atoms with Gasteiger partial charge in [0.1, 0.15) is 6.07 Å². The number of alkyl halides is 3. The summed E-state index contributed by atoms with van der Waals surface area (Å²) in [4.78, 5) is 12.6. The number of hydrogen-bond acceptors (Lipinski definition) is 5. The van der Waals surface area contributed by atoms with Crippen LogP contribution in [0.5, 0.6) is 0 Å². The molecule has 25 heavy (non-hydrogen) atoms. The van der Waals surface area contributed by atoms with Gasteiger partial charge in [0.25, 0.3) is 0 Å². The van der Waals surface area contributed by atoms with Gasteiger partial charge < -0.3 is 9.80 Å². The number of aryl methyl sites for hydroxylation is 1. The van der Waals surface area contributed by atoms with Crippen molar-refractivity contribution < 1.29 is 13.2 Å². The first-order valence-corrected chi connectivity index (χ1v) is 7.79. The third-order valence-corrected chi connectivity index (χ3v) is 4.13. The molecule has 8 heteroatoms. The normalized spacial score (nSPS) is 15.2. The van der Waals surface area contributed by atoms with Gasteiger partial charge in [0.15, 0.2) is 0 Å². The fourth-order valence-corrected chi connectivity index (χ4v) is 2.81. The average molecular weight is 347 g/mol. The van der Waals surface area contributed by atoms with Gasteiger partial charge in [0.05, 0.1) is 16.8 Å². The monoisotopic (exact) mass is 347 g/mol. The Labute approximate surface area is 143 Å². The summed E-state index contributed by atoms with van der Waals surface area (Å²) in [5.41, 5.74) is 0.636. The van der Waals surface area contributed by atoms with Crippen molar-refractivity contribution in [3.63, 3.8) is 0 Å². The van der Waals surface area contributed by atoms with Crippen LogP contribution in [0, 0.1) is 18.3 Å². The smallest absolute Gasteiger partial charge is 0.367 e. The van der Waals surface area contributed by atoms with Crippen molar-refractivity contribution in [1.29, 1.82) is 5.26 Å². The van der Waals surface area contributed by atoms with Crippen LogP contribution in [0.4, 0.5) is 24.8 Å². The zero-order valence-corrected chi connectivity index (χ0v) is 13.6. The van der Waals surface area contributed by atoms with Gasteiger partial charge in [-0.3, -0.25) is 0 Å². The SMILES string of the molecule is Cc1ccnc(N2CCN(c3ccc(C(F)(F)F)cc3C#N)CC2)n1. The van der Waals surface area contributed by atoms with Crippen molar-refractivity contribution in [2.75, 3.05) is 36.0 Å². The summed E-state index contributed by atoms with van der Waals surface area (Å²) in [5.74, 6) is 0.646. The molecule has 2 aromatic rings. The lowest BCUT2D eigenvalue weighted by molar-refractivity contribution is -0.137. The molecule has 0 spiro atoms. The van der Waals surface area contributed by atoms with Crippen molar-refractivity contribution in [3.05, 3.63) is 47.3 Å². The van der Waals surface area contributed by atoms with Crippen LogP contribution in [0.2, 0.25) is 0 Å². The van der Waals surface area contributed by atoms with Crippen LogP contribution in [0.1, 0.15) is 16.8 Å². The Bertz CT molecular complexity index is 805. The van der Waals surface area contributed by atoms with Crippen LogP contribution in [0.25, 0.3) is 0 Å². The number of piperazine rings is 1. The number of benzene rings is 1. The molecule has 0 amide bonds. The lowest BCUT2D eigenvalue weighted by Crippen LogP contribution is -2.47. The molecule has 1 aromatic heterocycles. The summed E-state index contributed by atoms with van der Waals surface area (Å²) < 4.78 is 38.4. The second-order valence-electron chi connectivity index (χ2n) is 5.81.